The highest BCUT2D eigenvalue weighted by molar-refractivity contribution is 5.96. The first kappa shape index (κ1) is 15.7. The molecular formula is C19H22N2O2. The van der Waals surface area contributed by atoms with Gasteiger partial charge in [0.25, 0.3) is 5.91 Å². The first-order valence-electron chi connectivity index (χ1n) is 8.00. The van der Waals surface area contributed by atoms with Crippen LogP contribution in [0.3, 0.4) is 0 Å². The predicted octanol–water partition coefficient (Wildman–Crippen LogP) is 1.84. The van der Waals surface area contributed by atoms with Crippen LogP contribution in [-0.2, 0) is 12.8 Å². The van der Waals surface area contributed by atoms with Crippen LogP contribution in [0.1, 0.15) is 33.1 Å². The second-order valence-corrected chi connectivity index (χ2v) is 5.93. The van der Waals surface area contributed by atoms with Crippen molar-refractivity contribution in [1.82, 2.24) is 10.6 Å². The average Bonchev–Trinajstić information content (AvgIpc) is 2.89. The normalized spacial score (nSPS) is 19.4. The Labute approximate surface area is 136 Å². The lowest BCUT2D eigenvalue weighted by molar-refractivity contribution is 0.0857. The van der Waals surface area contributed by atoms with E-state index in [2.05, 4.69) is 10.6 Å². The van der Waals surface area contributed by atoms with Gasteiger partial charge in [0, 0.05) is 12.0 Å². The molecule has 2 atom stereocenters. The van der Waals surface area contributed by atoms with Crippen molar-refractivity contribution in [3.05, 3.63) is 70.8 Å². The largest absolute Gasteiger partial charge is 0.390 e. The van der Waals surface area contributed by atoms with E-state index in [-0.39, 0.29) is 11.9 Å². The lowest BCUT2D eigenvalue weighted by Gasteiger charge is -2.19. The Morgan fingerprint density at radius 2 is 1.91 bits per heavy atom. The summed E-state index contributed by atoms with van der Waals surface area (Å²) in [6.07, 6.45) is 0.813. The minimum atomic E-state index is -0.569. The van der Waals surface area contributed by atoms with Crippen molar-refractivity contribution in [2.45, 2.75) is 25.0 Å². The van der Waals surface area contributed by atoms with Gasteiger partial charge in [0.05, 0.1) is 12.1 Å². The zero-order chi connectivity index (χ0) is 16.2. The summed E-state index contributed by atoms with van der Waals surface area (Å²) in [6, 6.07) is 15.2. The molecule has 0 fully saturated rings. The molecule has 1 aliphatic carbocycles. The third-order valence-electron chi connectivity index (χ3n) is 4.40. The summed E-state index contributed by atoms with van der Waals surface area (Å²) in [7, 11) is 1.90. The predicted molar refractivity (Wildman–Crippen MR) is 90.4 cm³/mol. The molecule has 0 bridgehead atoms. The number of hydrogen-bond acceptors (Lipinski definition) is 3. The van der Waals surface area contributed by atoms with Crippen LogP contribution in [0.4, 0.5) is 0 Å². The summed E-state index contributed by atoms with van der Waals surface area (Å²) in [5.74, 6) is -0.127. The number of likely N-dealkylation sites (N-methyl/N-ethyl adjacent to an activating group) is 1. The Bertz CT molecular complexity index is 699. The smallest absolute Gasteiger partial charge is 0.252 e. The summed E-state index contributed by atoms with van der Waals surface area (Å²) in [4.78, 5) is 12.7. The van der Waals surface area contributed by atoms with Crippen molar-refractivity contribution in [3.8, 4) is 0 Å². The van der Waals surface area contributed by atoms with Crippen LogP contribution in [0.5, 0.6) is 0 Å². The van der Waals surface area contributed by atoms with Gasteiger partial charge in [-0.15, -0.1) is 0 Å². The zero-order valence-corrected chi connectivity index (χ0v) is 13.3. The molecule has 0 spiro atoms. The molecule has 0 radical (unpaired) electrons. The van der Waals surface area contributed by atoms with E-state index in [9.17, 15) is 9.90 Å². The lowest BCUT2D eigenvalue weighted by atomic mass is 10.0. The number of aliphatic hydroxyl groups excluding tert-OH is 1. The maximum absolute atomic E-state index is 12.7. The lowest BCUT2D eigenvalue weighted by Crippen LogP contribution is -2.34. The molecule has 3 N–H and O–H groups in total. The van der Waals surface area contributed by atoms with E-state index in [1.807, 2.05) is 55.6 Å². The Kier molecular flexibility index (Phi) is 4.74. The van der Waals surface area contributed by atoms with Gasteiger partial charge in [0.2, 0.25) is 0 Å². The quantitative estimate of drug-likeness (QED) is 0.790. The molecule has 0 unspecified atom stereocenters. The van der Waals surface area contributed by atoms with Gasteiger partial charge in [0.1, 0.15) is 0 Å². The van der Waals surface area contributed by atoms with Crippen LogP contribution in [0.15, 0.2) is 48.5 Å². The van der Waals surface area contributed by atoms with Crippen molar-refractivity contribution < 1.29 is 9.90 Å². The highest BCUT2D eigenvalue weighted by Gasteiger charge is 2.32. The van der Waals surface area contributed by atoms with Gasteiger partial charge in [0.15, 0.2) is 0 Å². The number of hydrogen-bond donors (Lipinski definition) is 3. The van der Waals surface area contributed by atoms with E-state index in [0.29, 0.717) is 12.0 Å². The summed E-state index contributed by atoms with van der Waals surface area (Å²) in [5, 5.41) is 16.4. The van der Waals surface area contributed by atoms with Gasteiger partial charge in [-0.1, -0.05) is 42.5 Å². The third-order valence-corrected chi connectivity index (χ3v) is 4.40. The summed E-state index contributed by atoms with van der Waals surface area (Å²) in [6.45, 7) is 0.819. The number of fused-ring (bicyclic) bond motifs is 1. The number of rotatable bonds is 5. The molecule has 4 heteroatoms. The van der Waals surface area contributed by atoms with Crippen molar-refractivity contribution >= 4 is 5.91 Å². The second kappa shape index (κ2) is 6.94. The standard InChI is InChI=1S/C19H22N2O2/c1-20-11-10-13-6-2-5-9-16(13)19(23)21-18-15-8-4-3-7-14(15)12-17(18)22/h2-9,17-18,20,22H,10-12H2,1H3,(H,21,23)/t17-,18+/m0/s1. The molecule has 2 aromatic rings. The molecular weight excluding hydrogens is 288 g/mol. The van der Waals surface area contributed by atoms with E-state index in [4.69, 9.17) is 0 Å². The van der Waals surface area contributed by atoms with Crippen molar-refractivity contribution in [1.29, 1.82) is 0 Å². The number of amides is 1. The van der Waals surface area contributed by atoms with Gasteiger partial charge >= 0.3 is 0 Å². The first-order valence-corrected chi connectivity index (χ1v) is 8.00. The molecule has 23 heavy (non-hydrogen) atoms. The van der Waals surface area contributed by atoms with Crippen molar-refractivity contribution in [2.24, 2.45) is 0 Å². The topological polar surface area (TPSA) is 61.4 Å². The van der Waals surface area contributed by atoms with Gasteiger partial charge in [-0.05, 0) is 42.8 Å². The Balaban J connectivity index is 1.80. The Morgan fingerprint density at radius 1 is 1.17 bits per heavy atom. The molecule has 0 aliphatic heterocycles. The summed E-state index contributed by atoms with van der Waals surface area (Å²) < 4.78 is 0. The van der Waals surface area contributed by atoms with E-state index in [1.54, 1.807) is 0 Å². The number of aliphatic hydroxyl groups is 1. The highest BCUT2D eigenvalue weighted by Crippen LogP contribution is 2.31. The number of nitrogens with one attached hydrogen (secondary N) is 2. The number of benzene rings is 2. The van der Waals surface area contributed by atoms with Gasteiger partial charge in [-0.3, -0.25) is 4.79 Å². The van der Waals surface area contributed by atoms with Crippen molar-refractivity contribution in [2.75, 3.05) is 13.6 Å². The zero-order valence-electron chi connectivity index (χ0n) is 13.3. The fraction of sp³-hybridized carbons (Fsp3) is 0.316. The van der Waals surface area contributed by atoms with Crippen LogP contribution in [0.25, 0.3) is 0 Å². The minimum Gasteiger partial charge on any atom is -0.390 e. The molecule has 1 amide bonds. The molecule has 2 aromatic carbocycles. The number of carbonyl (C=O) groups is 1. The fourth-order valence-electron chi connectivity index (χ4n) is 3.19. The van der Waals surface area contributed by atoms with E-state index < -0.39 is 6.10 Å². The molecule has 0 heterocycles. The molecule has 4 nitrogen and oxygen atoms in total. The number of carbonyl (C=O) groups excluding carboxylic acids is 1. The van der Waals surface area contributed by atoms with Gasteiger partial charge in [-0.25, -0.2) is 0 Å². The summed E-state index contributed by atoms with van der Waals surface area (Å²) >= 11 is 0. The molecule has 1 aliphatic rings. The molecule has 0 aromatic heterocycles. The van der Waals surface area contributed by atoms with Crippen LogP contribution in [0, 0.1) is 0 Å². The third kappa shape index (κ3) is 3.28. The van der Waals surface area contributed by atoms with Gasteiger partial charge < -0.3 is 15.7 Å². The van der Waals surface area contributed by atoms with Crippen LogP contribution in [-0.4, -0.2) is 30.7 Å². The Morgan fingerprint density at radius 3 is 2.74 bits per heavy atom. The second-order valence-electron chi connectivity index (χ2n) is 5.93. The summed E-state index contributed by atoms with van der Waals surface area (Å²) in [5.41, 5.74) is 3.81. The van der Waals surface area contributed by atoms with E-state index in [1.165, 1.54) is 0 Å². The molecule has 0 saturated carbocycles. The monoisotopic (exact) mass is 310 g/mol. The molecule has 3 rings (SSSR count). The molecule has 0 saturated heterocycles. The average molecular weight is 310 g/mol. The SMILES string of the molecule is CNCCc1ccccc1C(=O)N[C@@H]1c2ccccc2C[C@@H]1O. The first-order chi connectivity index (χ1) is 11.2. The highest BCUT2D eigenvalue weighted by atomic mass is 16.3. The fourth-order valence-corrected chi connectivity index (χ4v) is 3.19. The Hall–Kier alpha value is -2.17. The molecule has 120 valence electrons. The van der Waals surface area contributed by atoms with Crippen molar-refractivity contribution in [3.63, 3.8) is 0 Å². The van der Waals surface area contributed by atoms with Crippen LogP contribution in [0.2, 0.25) is 0 Å². The van der Waals surface area contributed by atoms with Crippen LogP contribution < -0.4 is 10.6 Å². The van der Waals surface area contributed by atoms with Crippen LogP contribution >= 0.6 is 0 Å². The maximum Gasteiger partial charge on any atom is 0.252 e. The van der Waals surface area contributed by atoms with Gasteiger partial charge in [-0.2, -0.15) is 0 Å². The van der Waals surface area contributed by atoms with E-state index in [0.717, 1.165) is 29.7 Å². The minimum absolute atomic E-state index is 0.127. The maximum atomic E-state index is 12.7. The van der Waals surface area contributed by atoms with E-state index >= 15 is 0 Å².